The Balaban J connectivity index is 2.62. The minimum atomic E-state index is -0.637. The van der Waals surface area contributed by atoms with Gasteiger partial charge < -0.3 is 5.32 Å². The summed E-state index contributed by atoms with van der Waals surface area (Å²) >= 11 is 5.75. The average molecular weight is 355 g/mol. The fourth-order valence-corrected chi connectivity index (χ4v) is 1.91. The molecule has 1 rings (SSSR count). The van der Waals surface area contributed by atoms with Crippen LogP contribution in [0.15, 0.2) is 23.3 Å². The summed E-state index contributed by atoms with van der Waals surface area (Å²) in [4.78, 5) is 33.6. The van der Waals surface area contributed by atoms with E-state index in [-0.39, 0.29) is 28.6 Å². The molecule has 0 unspecified atom stereocenters. The lowest BCUT2D eigenvalue weighted by molar-refractivity contribution is -0.384. The molecule has 0 aromatic heterocycles. The molecule has 0 heterocycles. The van der Waals surface area contributed by atoms with E-state index in [0.717, 1.165) is 6.07 Å². The molecule has 0 radical (unpaired) electrons. The van der Waals surface area contributed by atoms with Crippen molar-refractivity contribution in [1.29, 1.82) is 0 Å². The van der Waals surface area contributed by atoms with Gasteiger partial charge in [-0.25, -0.2) is 5.43 Å². The SMILES string of the molecule is C/C(CC(=O)NCC(C)C)=N\NC(=O)c1ccc([N+](=O)[O-])c(Cl)c1. The number of carbonyl (C=O) groups excluding carboxylic acids is 2. The first-order chi connectivity index (χ1) is 11.2. The Morgan fingerprint density at radius 1 is 1.38 bits per heavy atom. The van der Waals surface area contributed by atoms with Crippen molar-refractivity contribution in [3.05, 3.63) is 38.9 Å². The monoisotopic (exact) mass is 354 g/mol. The molecular weight excluding hydrogens is 336 g/mol. The summed E-state index contributed by atoms with van der Waals surface area (Å²) in [6, 6.07) is 3.61. The zero-order valence-corrected chi connectivity index (χ0v) is 14.4. The van der Waals surface area contributed by atoms with E-state index in [1.54, 1.807) is 6.92 Å². The fraction of sp³-hybridized carbons (Fsp3) is 0.400. The molecule has 1 aromatic carbocycles. The molecule has 0 saturated heterocycles. The van der Waals surface area contributed by atoms with Gasteiger partial charge in [-0.05, 0) is 25.0 Å². The molecule has 0 aliphatic rings. The van der Waals surface area contributed by atoms with Crippen molar-refractivity contribution in [3.8, 4) is 0 Å². The summed E-state index contributed by atoms with van der Waals surface area (Å²) in [5.74, 6) is -0.413. The molecule has 24 heavy (non-hydrogen) atoms. The van der Waals surface area contributed by atoms with Crippen LogP contribution in [0.3, 0.4) is 0 Å². The van der Waals surface area contributed by atoms with Crippen LogP contribution >= 0.6 is 11.6 Å². The van der Waals surface area contributed by atoms with Gasteiger partial charge >= 0.3 is 0 Å². The Hall–Kier alpha value is -2.48. The Morgan fingerprint density at radius 3 is 2.58 bits per heavy atom. The van der Waals surface area contributed by atoms with Crippen LogP contribution in [-0.2, 0) is 4.79 Å². The second kappa shape index (κ2) is 8.97. The van der Waals surface area contributed by atoms with Crippen molar-refractivity contribution in [1.82, 2.24) is 10.7 Å². The number of amides is 2. The maximum Gasteiger partial charge on any atom is 0.287 e. The van der Waals surface area contributed by atoms with Crippen LogP contribution in [0, 0.1) is 16.0 Å². The Bertz CT molecular complexity index is 673. The van der Waals surface area contributed by atoms with Gasteiger partial charge in [0.05, 0.1) is 11.3 Å². The minimum Gasteiger partial charge on any atom is -0.356 e. The number of rotatable bonds is 7. The Morgan fingerprint density at radius 2 is 2.04 bits per heavy atom. The van der Waals surface area contributed by atoms with E-state index >= 15 is 0 Å². The van der Waals surface area contributed by atoms with Crippen LogP contribution in [0.4, 0.5) is 5.69 Å². The number of benzene rings is 1. The summed E-state index contributed by atoms with van der Waals surface area (Å²) in [5.41, 5.74) is 2.56. The normalized spacial score (nSPS) is 11.3. The van der Waals surface area contributed by atoms with E-state index in [4.69, 9.17) is 11.6 Å². The molecule has 2 N–H and O–H groups in total. The predicted octanol–water partition coefficient (Wildman–Crippen LogP) is 2.52. The standard InChI is InChI=1S/C15H19ClN4O4/c1-9(2)8-17-14(21)6-10(3)18-19-15(22)11-4-5-13(20(23)24)12(16)7-11/h4-5,7,9H,6,8H2,1-3H3,(H,17,21)(H,19,22)/b18-10+. The number of halogens is 1. The summed E-state index contributed by atoms with van der Waals surface area (Å²) in [6.45, 7) is 6.14. The average Bonchev–Trinajstić information content (AvgIpc) is 2.50. The van der Waals surface area contributed by atoms with E-state index in [1.165, 1.54) is 12.1 Å². The maximum absolute atomic E-state index is 11.9. The number of nitrogens with zero attached hydrogens (tertiary/aromatic N) is 2. The Labute approximate surface area is 144 Å². The zero-order chi connectivity index (χ0) is 18.3. The quantitative estimate of drug-likeness (QED) is 0.444. The smallest absolute Gasteiger partial charge is 0.287 e. The molecule has 9 heteroatoms. The molecule has 130 valence electrons. The number of hydrogen-bond acceptors (Lipinski definition) is 5. The summed E-state index contributed by atoms with van der Waals surface area (Å²) in [5, 5.41) is 17.1. The van der Waals surface area contributed by atoms with Crippen molar-refractivity contribution in [2.24, 2.45) is 11.0 Å². The van der Waals surface area contributed by atoms with Gasteiger partial charge in [0.1, 0.15) is 5.02 Å². The fourth-order valence-electron chi connectivity index (χ4n) is 1.66. The van der Waals surface area contributed by atoms with Crippen molar-refractivity contribution in [2.75, 3.05) is 6.54 Å². The third kappa shape index (κ3) is 6.33. The summed E-state index contributed by atoms with van der Waals surface area (Å²) < 4.78 is 0. The van der Waals surface area contributed by atoms with E-state index in [1.807, 2.05) is 13.8 Å². The second-order valence-electron chi connectivity index (χ2n) is 5.59. The highest BCUT2D eigenvalue weighted by Crippen LogP contribution is 2.24. The number of nitro benzene ring substituents is 1. The van der Waals surface area contributed by atoms with E-state index in [2.05, 4.69) is 15.8 Å². The zero-order valence-electron chi connectivity index (χ0n) is 13.6. The highest BCUT2D eigenvalue weighted by molar-refractivity contribution is 6.33. The Kier molecular flexibility index (Phi) is 7.31. The first-order valence-corrected chi connectivity index (χ1v) is 7.62. The molecule has 2 amide bonds. The van der Waals surface area contributed by atoms with Gasteiger partial charge in [0.25, 0.3) is 11.6 Å². The molecule has 0 aliphatic heterocycles. The molecule has 0 saturated carbocycles. The second-order valence-corrected chi connectivity index (χ2v) is 5.99. The van der Waals surface area contributed by atoms with Crippen molar-refractivity contribution >= 4 is 34.8 Å². The summed E-state index contributed by atoms with van der Waals surface area (Å²) in [6.07, 6.45) is 0.0635. The highest BCUT2D eigenvalue weighted by Gasteiger charge is 2.15. The van der Waals surface area contributed by atoms with E-state index in [9.17, 15) is 19.7 Å². The van der Waals surface area contributed by atoms with Crippen LogP contribution in [0.1, 0.15) is 37.6 Å². The van der Waals surface area contributed by atoms with Crippen LogP contribution in [0.5, 0.6) is 0 Å². The third-order valence-electron chi connectivity index (χ3n) is 2.88. The first kappa shape index (κ1) is 19.6. The van der Waals surface area contributed by atoms with Gasteiger partial charge in [-0.3, -0.25) is 19.7 Å². The van der Waals surface area contributed by atoms with Gasteiger partial charge in [0.2, 0.25) is 5.91 Å². The van der Waals surface area contributed by atoms with E-state index in [0.29, 0.717) is 18.2 Å². The topological polar surface area (TPSA) is 114 Å². The number of nitro groups is 1. The lowest BCUT2D eigenvalue weighted by Gasteiger charge is -2.07. The van der Waals surface area contributed by atoms with Gasteiger partial charge in [0, 0.05) is 23.9 Å². The number of nitrogens with one attached hydrogen (secondary N) is 2. The van der Waals surface area contributed by atoms with Crippen molar-refractivity contribution in [3.63, 3.8) is 0 Å². The molecule has 0 fully saturated rings. The number of hydrogen-bond donors (Lipinski definition) is 2. The van der Waals surface area contributed by atoms with Crippen LogP contribution < -0.4 is 10.7 Å². The van der Waals surface area contributed by atoms with E-state index < -0.39 is 10.8 Å². The summed E-state index contributed by atoms with van der Waals surface area (Å²) in [7, 11) is 0. The van der Waals surface area contributed by atoms with Crippen LogP contribution in [0.25, 0.3) is 0 Å². The third-order valence-corrected chi connectivity index (χ3v) is 3.18. The van der Waals surface area contributed by atoms with Crippen LogP contribution in [-0.4, -0.2) is 29.0 Å². The van der Waals surface area contributed by atoms with Crippen molar-refractivity contribution < 1.29 is 14.5 Å². The van der Waals surface area contributed by atoms with Gasteiger partial charge in [-0.15, -0.1) is 0 Å². The molecule has 1 aromatic rings. The molecule has 0 aliphatic carbocycles. The molecule has 0 spiro atoms. The molecule has 8 nitrogen and oxygen atoms in total. The van der Waals surface area contributed by atoms with Gasteiger partial charge in [-0.2, -0.15) is 5.10 Å². The van der Waals surface area contributed by atoms with Gasteiger partial charge in [0.15, 0.2) is 0 Å². The van der Waals surface area contributed by atoms with Gasteiger partial charge in [-0.1, -0.05) is 25.4 Å². The largest absolute Gasteiger partial charge is 0.356 e. The minimum absolute atomic E-state index is 0.0635. The highest BCUT2D eigenvalue weighted by atomic mass is 35.5. The molecule has 0 atom stereocenters. The van der Waals surface area contributed by atoms with Crippen molar-refractivity contribution in [2.45, 2.75) is 27.2 Å². The lowest BCUT2D eigenvalue weighted by atomic mass is 10.2. The maximum atomic E-state index is 11.9. The predicted molar refractivity (Wildman–Crippen MR) is 91.1 cm³/mol. The molecular formula is C15H19ClN4O4. The lowest BCUT2D eigenvalue weighted by Crippen LogP contribution is -2.29. The van der Waals surface area contributed by atoms with Crippen LogP contribution in [0.2, 0.25) is 5.02 Å². The molecule has 0 bridgehead atoms. The number of hydrazone groups is 1. The first-order valence-electron chi connectivity index (χ1n) is 7.24. The number of carbonyl (C=O) groups is 2.